The minimum atomic E-state index is -5.05. The lowest BCUT2D eigenvalue weighted by Crippen LogP contribution is -2.18. The summed E-state index contributed by atoms with van der Waals surface area (Å²) >= 11 is 0. The summed E-state index contributed by atoms with van der Waals surface area (Å²) in [6, 6.07) is 7.72. The fraction of sp³-hybridized carbons (Fsp3) is 0.286. The Morgan fingerprint density at radius 3 is 1.93 bits per heavy atom. The molecule has 0 aliphatic carbocycles. The predicted molar refractivity (Wildman–Crippen MR) is 94.0 cm³/mol. The molecule has 0 radical (unpaired) electrons. The average Bonchev–Trinajstić information content (AvgIpc) is 2.64. The molecular formula is C21H16F6O2. The minimum Gasteiger partial charge on any atom is -0.446 e. The van der Waals surface area contributed by atoms with Gasteiger partial charge in [0.05, 0.1) is 16.7 Å². The number of halogens is 6. The maximum Gasteiger partial charge on any atom is 0.416 e. The first-order valence-electron chi connectivity index (χ1n) is 8.49. The van der Waals surface area contributed by atoms with E-state index in [4.69, 9.17) is 4.74 Å². The molecule has 29 heavy (non-hydrogen) atoms. The van der Waals surface area contributed by atoms with Crippen LogP contribution in [0.4, 0.5) is 26.3 Å². The van der Waals surface area contributed by atoms with E-state index in [9.17, 15) is 31.1 Å². The van der Waals surface area contributed by atoms with Crippen LogP contribution < -0.4 is 0 Å². The second-order valence-electron chi connectivity index (χ2n) is 6.23. The van der Waals surface area contributed by atoms with Crippen LogP contribution in [-0.4, -0.2) is 12.1 Å². The van der Waals surface area contributed by atoms with Crippen molar-refractivity contribution in [3.63, 3.8) is 0 Å². The van der Waals surface area contributed by atoms with E-state index in [2.05, 4.69) is 11.8 Å². The Morgan fingerprint density at radius 1 is 0.966 bits per heavy atom. The summed E-state index contributed by atoms with van der Waals surface area (Å²) in [5, 5.41) is 0. The van der Waals surface area contributed by atoms with Gasteiger partial charge in [0.15, 0.2) is 6.10 Å². The normalized spacial score (nSPS) is 12.7. The molecule has 154 valence electrons. The van der Waals surface area contributed by atoms with Gasteiger partial charge >= 0.3 is 18.3 Å². The number of benzene rings is 2. The monoisotopic (exact) mass is 414 g/mol. The molecule has 8 heteroatoms. The number of aryl methyl sites for hydroxylation is 1. The molecule has 2 aromatic rings. The fourth-order valence-corrected chi connectivity index (χ4v) is 2.29. The van der Waals surface area contributed by atoms with Crippen molar-refractivity contribution in [2.45, 2.75) is 38.7 Å². The quantitative estimate of drug-likeness (QED) is 0.349. The van der Waals surface area contributed by atoms with Crippen LogP contribution in [0.2, 0.25) is 0 Å². The van der Waals surface area contributed by atoms with Gasteiger partial charge in [0.25, 0.3) is 0 Å². The van der Waals surface area contributed by atoms with E-state index in [-0.39, 0.29) is 12.5 Å². The second kappa shape index (κ2) is 8.60. The molecule has 0 heterocycles. The first-order chi connectivity index (χ1) is 13.4. The Kier molecular flexibility index (Phi) is 6.62. The summed E-state index contributed by atoms with van der Waals surface area (Å²) in [7, 11) is 0. The third-order valence-corrected chi connectivity index (χ3v) is 3.87. The molecule has 0 aliphatic rings. The molecule has 0 saturated heterocycles. The number of carbonyl (C=O) groups excluding carboxylic acids is 1. The van der Waals surface area contributed by atoms with E-state index in [1.807, 2.05) is 19.1 Å². The highest BCUT2D eigenvalue weighted by Crippen LogP contribution is 2.36. The number of alkyl halides is 6. The van der Waals surface area contributed by atoms with E-state index in [1.165, 1.54) is 0 Å². The van der Waals surface area contributed by atoms with Crippen molar-refractivity contribution in [2.75, 3.05) is 0 Å². The summed E-state index contributed by atoms with van der Waals surface area (Å²) in [5.74, 6) is 4.11. The van der Waals surface area contributed by atoms with Gasteiger partial charge in [0.1, 0.15) is 0 Å². The molecule has 0 aromatic heterocycles. The summed E-state index contributed by atoms with van der Waals surface area (Å²) < 4.78 is 82.6. The van der Waals surface area contributed by atoms with Crippen molar-refractivity contribution in [3.8, 4) is 11.8 Å². The predicted octanol–water partition coefficient (Wildman–Crippen LogP) is 6.02. The number of ether oxygens (including phenoxy) is 1. The molecule has 2 aromatic carbocycles. The van der Waals surface area contributed by atoms with Crippen LogP contribution >= 0.6 is 0 Å². The van der Waals surface area contributed by atoms with Crippen LogP contribution in [-0.2, 0) is 17.1 Å². The van der Waals surface area contributed by atoms with Crippen molar-refractivity contribution in [1.29, 1.82) is 0 Å². The number of rotatable bonds is 3. The Morgan fingerprint density at radius 2 is 1.48 bits per heavy atom. The van der Waals surface area contributed by atoms with Gasteiger partial charge in [0, 0.05) is 5.56 Å². The van der Waals surface area contributed by atoms with E-state index < -0.39 is 41.1 Å². The molecule has 0 bridgehead atoms. The molecule has 0 aliphatic heterocycles. The Balaban J connectivity index is 2.29. The van der Waals surface area contributed by atoms with Gasteiger partial charge in [-0.25, -0.2) is 4.79 Å². The maximum atomic E-state index is 12.9. The summed E-state index contributed by atoms with van der Waals surface area (Å²) in [5.41, 5.74) is -2.37. The van der Waals surface area contributed by atoms with Crippen molar-refractivity contribution >= 4 is 5.97 Å². The Hall–Kier alpha value is -2.95. The van der Waals surface area contributed by atoms with Gasteiger partial charge < -0.3 is 4.74 Å². The van der Waals surface area contributed by atoms with Crippen LogP contribution in [0.3, 0.4) is 0 Å². The first kappa shape index (κ1) is 22.3. The van der Waals surface area contributed by atoms with Crippen LogP contribution in [0, 0.1) is 18.8 Å². The highest BCUT2D eigenvalue weighted by atomic mass is 19.4. The molecule has 1 unspecified atom stereocenters. The Bertz CT molecular complexity index is 899. The van der Waals surface area contributed by atoms with Crippen LogP contribution in [0.1, 0.15) is 46.0 Å². The number of carbonyl (C=O) groups is 1. The zero-order valence-corrected chi connectivity index (χ0v) is 15.4. The van der Waals surface area contributed by atoms with Crippen molar-refractivity contribution in [2.24, 2.45) is 0 Å². The average molecular weight is 414 g/mol. The van der Waals surface area contributed by atoms with Gasteiger partial charge in [-0.05, 0) is 43.7 Å². The van der Waals surface area contributed by atoms with E-state index in [0.29, 0.717) is 17.7 Å². The molecular weight excluding hydrogens is 398 g/mol. The SMILES string of the molecule is CCC(C#Cc1ccc(C)cc1)OC(=O)c1cc(C(F)(F)F)cc(C(F)(F)F)c1. The fourth-order valence-electron chi connectivity index (χ4n) is 2.29. The molecule has 0 N–H and O–H groups in total. The van der Waals surface area contributed by atoms with Gasteiger partial charge in [-0.2, -0.15) is 26.3 Å². The second-order valence-corrected chi connectivity index (χ2v) is 6.23. The lowest BCUT2D eigenvalue weighted by Gasteiger charge is -2.15. The van der Waals surface area contributed by atoms with Gasteiger partial charge in [-0.3, -0.25) is 0 Å². The molecule has 2 rings (SSSR count). The van der Waals surface area contributed by atoms with Crippen LogP contribution in [0.25, 0.3) is 0 Å². The maximum absolute atomic E-state index is 12.9. The molecule has 0 spiro atoms. The standard InChI is InChI=1S/C21H16F6O2/c1-3-18(9-8-14-6-4-13(2)5-7-14)29-19(28)15-10-16(20(22,23)24)12-17(11-15)21(25,26)27/h4-7,10-12,18H,3H2,1-2H3. The zero-order chi connectivity index (χ0) is 21.8. The number of hydrogen-bond donors (Lipinski definition) is 0. The summed E-state index contributed by atoms with van der Waals surface area (Å²) in [6.45, 7) is 3.51. The van der Waals surface area contributed by atoms with E-state index >= 15 is 0 Å². The first-order valence-corrected chi connectivity index (χ1v) is 8.49. The van der Waals surface area contributed by atoms with Gasteiger partial charge in [0.2, 0.25) is 0 Å². The lowest BCUT2D eigenvalue weighted by molar-refractivity contribution is -0.143. The van der Waals surface area contributed by atoms with Crippen molar-refractivity contribution < 1.29 is 35.9 Å². The van der Waals surface area contributed by atoms with Crippen molar-refractivity contribution in [1.82, 2.24) is 0 Å². The van der Waals surface area contributed by atoms with Gasteiger partial charge in [-0.1, -0.05) is 36.5 Å². The minimum absolute atomic E-state index is 0.0503. The van der Waals surface area contributed by atoms with Gasteiger partial charge in [-0.15, -0.1) is 0 Å². The zero-order valence-electron chi connectivity index (χ0n) is 15.4. The Labute approximate surface area is 163 Å². The highest BCUT2D eigenvalue weighted by molar-refractivity contribution is 5.90. The number of hydrogen-bond acceptors (Lipinski definition) is 2. The van der Waals surface area contributed by atoms with Crippen LogP contribution in [0.15, 0.2) is 42.5 Å². The topological polar surface area (TPSA) is 26.3 Å². The smallest absolute Gasteiger partial charge is 0.416 e. The molecule has 0 amide bonds. The number of esters is 1. The molecule has 1 atom stereocenters. The molecule has 0 saturated carbocycles. The van der Waals surface area contributed by atoms with Crippen LogP contribution in [0.5, 0.6) is 0 Å². The summed E-state index contributed by atoms with van der Waals surface area (Å²) in [4.78, 5) is 12.2. The largest absolute Gasteiger partial charge is 0.446 e. The lowest BCUT2D eigenvalue weighted by atomic mass is 10.0. The van der Waals surface area contributed by atoms with E-state index in [1.54, 1.807) is 19.1 Å². The third kappa shape index (κ3) is 6.28. The molecule has 0 fully saturated rings. The summed E-state index contributed by atoms with van der Waals surface area (Å²) in [6.07, 6.45) is -10.9. The highest BCUT2D eigenvalue weighted by Gasteiger charge is 2.37. The molecule has 2 nitrogen and oxygen atoms in total. The third-order valence-electron chi connectivity index (χ3n) is 3.87. The van der Waals surface area contributed by atoms with E-state index in [0.717, 1.165) is 5.56 Å². The van der Waals surface area contributed by atoms with Crippen molar-refractivity contribution in [3.05, 3.63) is 70.3 Å².